The Bertz CT molecular complexity index is 746. The SMILES string of the molecule is COCCOCc1nc(C2CCN(C(=O)Nc3cccc(Cl)c3)CC2)no1. The molecule has 1 aromatic heterocycles. The fourth-order valence-electron chi connectivity index (χ4n) is 2.90. The zero-order valence-electron chi connectivity index (χ0n) is 15.2. The molecule has 0 radical (unpaired) electrons. The average Bonchev–Trinajstić information content (AvgIpc) is 3.14. The number of anilines is 1. The summed E-state index contributed by atoms with van der Waals surface area (Å²) >= 11 is 5.95. The predicted octanol–water partition coefficient (Wildman–Crippen LogP) is 3.30. The highest BCUT2D eigenvalue weighted by Crippen LogP contribution is 2.26. The second-order valence-corrected chi connectivity index (χ2v) is 6.73. The molecule has 8 nitrogen and oxygen atoms in total. The van der Waals surface area contributed by atoms with Crippen molar-refractivity contribution in [3.8, 4) is 0 Å². The largest absolute Gasteiger partial charge is 0.382 e. The third kappa shape index (κ3) is 5.66. The number of hydrogen-bond donors (Lipinski definition) is 1. The number of amides is 2. The van der Waals surface area contributed by atoms with Crippen LogP contribution in [0.2, 0.25) is 5.02 Å². The molecule has 0 bridgehead atoms. The lowest BCUT2D eigenvalue weighted by molar-refractivity contribution is 0.0494. The van der Waals surface area contributed by atoms with Gasteiger partial charge in [0.2, 0.25) is 0 Å². The maximum Gasteiger partial charge on any atom is 0.321 e. The van der Waals surface area contributed by atoms with Crippen molar-refractivity contribution in [2.45, 2.75) is 25.4 Å². The summed E-state index contributed by atoms with van der Waals surface area (Å²) in [5, 5.41) is 7.51. The van der Waals surface area contributed by atoms with Crippen molar-refractivity contribution in [2.24, 2.45) is 0 Å². The highest BCUT2D eigenvalue weighted by molar-refractivity contribution is 6.30. The zero-order valence-corrected chi connectivity index (χ0v) is 15.9. The second kappa shape index (κ2) is 9.68. The topological polar surface area (TPSA) is 89.7 Å². The number of hydrogen-bond acceptors (Lipinski definition) is 6. The Labute approximate surface area is 162 Å². The minimum absolute atomic E-state index is 0.129. The van der Waals surface area contributed by atoms with Gasteiger partial charge in [-0.1, -0.05) is 22.8 Å². The van der Waals surface area contributed by atoms with Crippen molar-refractivity contribution in [1.29, 1.82) is 0 Å². The molecular formula is C18H23ClN4O4. The van der Waals surface area contributed by atoms with Crippen LogP contribution in [0.3, 0.4) is 0 Å². The van der Waals surface area contributed by atoms with Gasteiger partial charge < -0.3 is 24.2 Å². The van der Waals surface area contributed by atoms with E-state index in [0.717, 1.165) is 12.8 Å². The number of halogens is 1. The first-order chi connectivity index (χ1) is 13.2. The molecule has 0 unspecified atom stereocenters. The van der Waals surface area contributed by atoms with Crippen LogP contribution in [0.25, 0.3) is 0 Å². The number of nitrogens with one attached hydrogen (secondary N) is 1. The van der Waals surface area contributed by atoms with Gasteiger partial charge in [-0.25, -0.2) is 4.79 Å². The fraction of sp³-hybridized carbons (Fsp3) is 0.500. The van der Waals surface area contributed by atoms with E-state index in [1.807, 2.05) is 6.07 Å². The normalized spacial score (nSPS) is 15.1. The van der Waals surface area contributed by atoms with Crippen LogP contribution >= 0.6 is 11.6 Å². The molecular weight excluding hydrogens is 372 g/mol. The minimum Gasteiger partial charge on any atom is -0.382 e. The Morgan fingerprint density at radius 1 is 1.37 bits per heavy atom. The first-order valence-electron chi connectivity index (χ1n) is 8.86. The maximum atomic E-state index is 12.4. The van der Waals surface area contributed by atoms with Crippen molar-refractivity contribution >= 4 is 23.3 Å². The minimum atomic E-state index is -0.129. The molecule has 2 amide bonds. The maximum absolute atomic E-state index is 12.4. The molecule has 0 spiro atoms. The fourth-order valence-corrected chi connectivity index (χ4v) is 3.09. The van der Waals surface area contributed by atoms with Crippen LogP contribution in [0.5, 0.6) is 0 Å². The molecule has 1 saturated heterocycles. The van der Waals surface area contributed by atoms with Gasteiger partial charge >= 0.3 is 6.03 Å². The number of aromatic nitrogens is 2. The number of carbonyl (C=O) groups is 1. The van der Waals surface area contributed by atoms with E-state index in [0.29, 0.717) is 48.7 Å². The van der Waals surface area contributed by atoms with E-state index < -0.39 is 0 Å². The van der Waals surface area contributed by atoms with Gasteiger partial charge in [0, 0.05) is 36.8 Å². The molecule has 27 heavy (non-hydrogen) atoms. The zero-order chi connectivity index (χ0) is 19.1. The highest BCUT2D eigenvalue weighted by Gasteiger charge is 2.27. The number of likely N-dealkylation sites (tertiary alicyclic amines) is 1. The third-order valence-electron chi connectivity index (χ3n) is 4.36. The Kier molecular flexibility index (Phi) is 7.03. The van der Waals surface area contributed by atoms with E-state index in [-0.39, 0.29) is 18.6 Å². The number of nitrogens with zero attached hydrogens (tertiary/aromatic N) is 3. The molecule has 1 N–H and O–H groups in total. The highest BCUT2D eigenvalue weighted by atomic mass is 35.5. The Hall–Kier alpha value is -2.16. The van der Waals surface area contributed by atoms with E-state index in [1.165, 1.54) is 0 Å². The average molecular weight is 395 g/mol. The first-order valence-corrected chi connectivity index (χ1v) is 9.24. The number of piperidine rings is 1. The summed E-state index contributed by atoms with van der Waals surface area (Å²) in [7, 11) is 1.62. The molecule has 0 saturated carbocycles. The van der Waals surface area contributed by atoms with E-state index in [2.05, 4.69) is 15.5 Å². The summed E-state index contributed by atoms with van der Waals surface area (Å²) in [6.45, 7) is 2.54. The third-order valence-corrected chi connectivity index (χ3v) is 4.60. The Morgan fingerprint density at radius 2 is 2.19 bits per heavy atom. The molecule has 1 aliphatic heterocycles. The number of carbonyl (C=O) groups excluding carboxylic acids is 1. The standard InChI is InChI=1S/C18H23ClN4O4/c1-25-9-10-26-12-16-21-17(22-27-16)13-5-7-23(8-6-13)18(24)20-15-4-2-3-14(19)11-15/h2-4,11,13H,5-10,12H2,1H3,(H,20,24). The number of ether oxygens (including phenoxy) is 2. The lowest BCUT2D eigenvalue weighted by Crippen LogP contribution is -2.40. The molecule has 1 aliphatic rings. The van der Waals surface area contributed by atoms with Crippen molar-refractivity contribution < 1.29 is 18.8 Å². The van der Waals surface area contributed by atoms with Crippen molar-refractivity contribution in [2.75, 3.05) is 38.7 Å². The summed E-state index contributed by atoms with van der Waals surface area (Å²) in [6.07, 6.45) is 1.57. The Balaban J connectivity index is 1.46. The lowest BCUT2D eigenvalue weighted by Gasteiger charge is -2.30. The van der Waals surface area contributed by atoms with Crippen LogP contribution in [0.15, 0.2) is 28.8 Å². The van der Waals surface area contributed by atoms with E-state index in [4.69, 9.17) is 25.6 Å². The van der Waals surface area contributed by atoms with Gasteiger partial charge in [-0.2, -0.15) is 4.98 Å². The summed E-state index contributed by atoms with van der Waals surface area (Å²) in [5.41, 5.74) is 0.686. The Morgan fingerprint density at radius 3 is 2.93 bits per heavy atom. The van der Waals surface area contributed by atoms with Crippen LogP contribution in [-0.4, -0.2) is 54.5 Å². The van der Waals surface area contributed by atoms with Gasteiger partial charge in [0.15, 0.2) is 5.82 Å². The van der Waals surface area contributed by atoms with Crippen LogP contribution < -0.4 is 5.32 Å². The van der Waals surface area contributed by atoms with Crippen LogP contribution in [0.4, 0.5) is 10.5 Å². The van der Waals surface area contributed by atoms with Crippen LogP contribution in [0, 0.1) is 0 Å². The van der Waals surface area contributed by atoms with E-state index in [9.17, 15) is 4.79 Å². The molecule has 1 fully saturated rings. The van der Waals surface area contributed by atoms with Gasteiger partial charge in [-0.3, -0.25) is 0 Å². The molecule has 2 heterocycles. The van der Waals surface area contributed by atoms with Gasteiger partial charge in [0.25, 0.3) is 5.89 Å². The molecule has 9 heteroatoms. The number of urea groups is 1. The number of methoxy groups -OCH3 is 1. The molecule has 0 aliphatic carbocycles. The number of benzene rings is 1. The van der Waals surface area contributed by atoms with Gasteiger partial charge in [0.05, 0.1) is 13.2 Å². The predicted molar refractivity (Wildman–Crippen MR) is 99.8 cm³/mol. The molecule has 0 atom stereocenters. The van der Waals surface area contributed by atoms with Crippen LogP contribution in [-0.2, 0) is 16.1 Å². The van der Waals surface area contributed by atoms with E-state index >= 15 is 0 Å². The van der Waals surface area contributed by atoms with E-state index in [1.54, 1.807) is 30.2 Å². The summed E-state index contributed by atoms with van der Waals surface area (Å²) < 4.78 is 15.5. The summed E-state index contributed by atoms with van der Waals surface area (Å²) in [6, 6.07) is 6.98. The second-order valence-electron chi connectivity index (χ2n) is 6.29. The molecule has 3 rings (SSSR count). The molecule has 2 aromatic rings. The number of rotatable bonds is 7. The van der Waals surface area contributed by atoms with Gasteiger partial charge in [-0.15, -0.1) is 0 Å². The summed E-state index contributed by atoms with van der Waals surface area (Å²) in [5.74, 6) is 1.31. The van der Waals surface area contributed by atoms with Gasteiger partial charge in [-0.05, 0) is 31.0 Å². The van der Waals surface area contributed by atoms with Crippen molar-refractivity contribution in [1.82, 2.24) is 15.0 Å². The quantitative estimate of drug-likeness (QED) is 0.724. The monoisotopic (exact) mass is 394 g/mol. The van der Waals surface area contributed by atoms with Crippen molar-refractivity contribution in [3.63, 3.8) is 0 Å². The summed E-state index contributed by atoms with van der Waals surface area (Å²) in [4.78, 5) is 18.6. The van der Waals surface area contributed by atoms with Crippen LogP contribution in [0.1, 0.15) is 30.5 Å². The van der Waals surface area contributed by atoms with Crippen molar-refractivity contribution in [3.05, 3.63) is 41.0 Å². The smallest absolute Gasteiger partial charge is 0.321 e. The van der Waals surface area contributed by atoms with Gasteiger partial charge in [0.1, 0.15) is 6.61 Å². The molecule has 146 valence electrons. The lowest BCUT2D eigenvalue weighted by atomic mass is 9.96. The first kappa shape index (κ1) is 19.6. The molecule has 1 aromatic carbocycles.